The second-order valence-corrected chi connectivity index (χ2v) is 15.7. The number of nitrogens with zero attached hydrogens (tertiary/aromatic N) is 3. The Hall–Kier alpha value is -2.91. The standard InChI is InChI=1S/C44H65N3O4S/c1-2-3-4-5-6-7-8-9-10-11-12-13-14-15-16-22-44(49)51-36-47-41-35-38(25-23-37(41)24-26-43(47)48)50-33-18-17-28-45-29-31-46(32-30-45)40-20-19-21-42-39(40)27-34-52-42/h9-10,19-21,23,25,27,34-35,44,49H,2-8,11-18,22,24,26,28-33,36H2,1H3. The van der Waals surface area contributed by atoms with E-state index in [-0.39, 0.29) is 12.6 Å². The van der Waals surface area contributed by atoms with Gasteiger partial charge in [0.25, 0.3) is 0 Å². The number of piperazine rings is 1. The molecule has 1 aromatic heterocycles. The first kappa shape index (κ1) is 40.3. The van der Waals surface area contributed by atoms with Crippen LogP contribution in [-0.2, 0) is 16.0 Å². The summed E-state index contributed by atoms with van der Waals surface area (Å²) >= 11 is 1.82. The number of fused-ring (bicyclic) bond motifs is 2. The van der Waals surface area contributed by atoms with Crippen molar-refractivity contribution in [3.8, 4) is 5.75 Å². The maximum absolute atomic E-state index is 12.9. The number of aryl methyl sites for hydroxylation is 1. The number of anilines is 2. The van der Waals surface area contributed by atoms with Crippen LogP contribution in [0.4, 0.5) is 11.4 Å². The molecule has 1 unspecified atom stereocenters. The third kappa shape index (κ3) is 13.2. The van der Waals surface area contributed by atoms with Crippen LogP contribution < -0.4 is 14.5 Å². The number of hydrogen-bond donors (Lipinski definition) is 1. The SMILES string of the molecule is CCCCCCCCC=CCCCCCCCC(O)OCN1C(=O)CCc2ccc(OCCCCN3CCN(c4cccc5sccc45)CC3)cc21. The van der Waals surface area contributed by atoms with Gasteiger partial charge in [-0.2, -0.15) is 0 Å². The molecule has 1 fully saturated rings. The van der Waals surface area contributed by atoms with Crippen LogP contribution in [0.2, 0.25) is 0 Å². The Bertz CT molecular complexity index is 1480. The van der Waals surface area contributed by atoms with Crippen molar-refractivity contribution in [1.82, 2.24) is 4.90 Å². The van der Waals surface area contributed by atoms with E-state index < -0.39 is 6.29 Å². The number of amides is 1. The molecule has 2 aliphatic heterocycles. The summed E-state index contributed by atoms with van der Waals surface area (Å²) in [6.07, 6.45) is 24.0. The molecule has 0 aliphatic carbocycles. The highest BCUT2D eigenvalue weighted by Gasteiger charge is 2.26. The molecule has 0 bridgehead atoms. The first-order valence-corrected chi connectivity index (χ1v) is 21.4. The van der Waals surface area contributed by atoms with Crippen molar-refractivity contribution in [2.24, 2.45) is 0 Å². The number of aliphatic hydroxyl groups excluding tert-OH is 1. The highest BCUT2D eigenvalue weighted by Crippen LogP contribution is 2.33. The molecule has 7 nitrogen and oxygen atoms in total. The summed E-state index contributed by atoms with van der Waals surface area (Å²) in [6.45, 7) is 8.38. The monoisotopic (exact) mass is 731 g/mol. The van der Waals surface area contributed by atoms with Gasteiger partial charge in [0.15, 0.2) is 6.29 Å². The average Bonchev–Trinajstić information content (AvgIpc) is 3.66. The Morgan fingerprint density at radius 3 is 2.35 bits per heavy atom. The summed E-state index contributed by atoms with van der Waals surface area (Å²) in [5.74, 6) is 0.813. The summed E-state index contributed by atoms with van der Waals surface area (Å²) in [6, 6.07) is 15.0. The fraction of sp³-hybridized carbons (Fsp3) is 0.614. The zero-order valence-corrected chi connectivity index (χ0v) is 32.8. The first-order chi connectivity index (χ1) is 25.6. The van der Waals surface area contributed by atoms with E-state index in [1.165, 1.54) is 86.4 Å². The molecule has 286 valence electrons. The van der Waals surface area contributed by atoms with Gasteiger partial charge in [-0.25, -0.2) is 0 Å². The summed E-state index contributed by atoms with van der Waals surface area (Å²) in [5, 5.41) is 14.1. The minimum absolute atomic E-state index is 0.0324. The van der Waals surface area contributed by atoms with Crippen LogP contribution in [0, 0.1) is 0 Å². The predicted octanol–water partition coefficient (Wildman–Crippen LogP) is 10.5. The Morgan fingerprint density at radius 1 is 0.808 bits per heavy atom. The van der Waals surface area contributed by atoms with E-state index in [4.69, 9.17) is 9.47 Å². The van der Waals surface area contributed by atoms with Gasteiger partial charge in [0.05, 0.1) is 12.3 Å². The lowest BCUT2D eigenvalue weighted by Crippen LogP contribution is -2.46. The van der Waals surface area contributed by atoms with E-state index in [1.807, 2.05) is 23.5 Å². The number of aliphatic hydroxyl groups is 1. The number of allylic oxidation sites excluding steroid dienone is 2. The molecule has 1 atom stereocenters. The number of unbranched alkanes of at least 4 members (excludes halogenated alkanes) is 12. The van der Waals surface area contributed by atoms with Crippen LogP contribution in [0.3, 0.4) is 0 Å². The largest absolute Gasteiger partial charge is 0.494 e. The van der Waals surface area contributed by atoms with Gasteiger partial charge in [-0.1, -0.05) is 82.6 Å². The fourth-order valence-electron chi connectivity index (χ4n) is 7.48. The van der Waals surface area contributed by atoms with E-state index in [9.17, 15) is 9.90 Å². The molecule has 52 heavy (non-hydrogen) atoms. The quantitative estimate of drug-likeness (QED) is 0.0532. The zero-order chi connectivity index (χ0) is 36.2. The van der Waals surface area contributed by atoms with Gasteiger partial charge in [-0.05, 0) is 99.5 Å². The molecule has 1 saturated heterocycles. The van der Waals surface area contributed by atoms with Crippen LogP contribution in [0.5, 0.6) is 5.75 Å². The predicted molar refractivity (Wildman–Crippen MR) is 219 cm³/mol. The average molecular weight is 732 g/mol. The van der Waals surface area contributed by atoms with Crippen molar-refractivity contribution in [2.45, 2.75) is 129 Å². The molecule has 1 amide bonds. The molecular formula is C44H65N3O4S. The maximum Gasteiger partial charge on any atom is 0.229 e. The topological polar surface area (TPSA) is 65.5 Å². The molecule has 8 heteroatoms. The number of hydrogen-bond acceptors (Lipinski definition) is 7. The van der Waals surface area contributed by atoms with Gasteiger partial charge in [-0.15, -0.1) is 11.3 Å². The number of thiophene rings is 1. The van der Waals surface area contributed by atoms with E-state index in [1.54, 1.807) is 4.90 Å². The van der Waals surface area contributed by atoms with Gasteiger partial charge < -0.3 is 19.5 Å². The van der Waals surface area contributed by atoms with Crippen LogP contribution in [0.1, 0.15) is 122 Å². The number of ether oxygens (including phenoxy) is 2. The van der Waals surface area contributed by atoms with Gasteiger partial charge in [0.2, 0.25) is 5.91 Å². The van der Waals surface area contributed by atoms with Crippen LogP contribution in [0.25, 0.3) is 10.1 Å². The Kier molecular flexibility index (Phi) is 17.8. The maximum atomic E-state index is 12.9. The van der Waals surface area contributed by atoms with Crippen molar-refractivity contribution < 1.29 is 19.4 Å². The van der Waals surface area contributed by atoms with Crippen molar-refractivity contribution in [3.05, 3.63) is 65.6 Å². The summed E-state index contributed by atoms with van der Waals surface area (Å²) < 4.78 is 13.3. The smallest absolute Gasteiger partial charge is 0.229 e. The Balaban J connectivity index is 0.914. The number of carbonyl (C=O) groups is 1. The lowest BCUT2D eigenvalue weighted by atomic mass is 10.0. The molecule has 0 saturated carbocycles. The number of carbonyl (C=O) groups excluding carboxylic acids is 1. The van der Waals surface area contributed by atoms with Gasteiger partial charge in [0.1, 0.15) is 12.5 Å². The minimum Gasteiger partial charge on any atom is -0.494 e. The van der Waals surface area contributed by atoms with Gasteiger partial charge >= 0.3 is 0 Å². The second kappa shape index (κ2) is 23.0. The minimum atomic E-state index is -0.860. The third-order valence-corrected chi connectivity index (χ3v) is 11.6. The lowest BCUT2D eigenvalue weighted by Gasteiger charge is -2.36. The van der Waals surface area contributed by atoms with Crippen LogP contribution in [-0.4, -0.2) is 68.3 Å². The summed E-state index contributed by atoms with van der Waals surface area (Å²) in [5.41, 5.74) is 3.34. The van der Waals surface area contributed by atoms with E-state index in [2.05, 4.69) is 64.6 Å². The van der Waals surface area contributed by atoms with Crippen molar-refractivity contribution in [2.75, 3.05) is 55.9 Å². The van der Waals surface area contributed by atoms with Crippen molar-refractivity contribution in [3.63, 3.8) is 0 Å². The molecule has 2 aromatic carbocycles. The number of rotatable bonds is 25. The molecule has 3 heterocycles. The van der Waals surface area contributed by atoms with Crippen LogP contribution in [0.15, 0.2) is 60.0 Å². The highest BCUT2D eigenvalue weighted by atomic mass is 32.1. The molecule has 0 spiro atoms. The molecule has 0 radical (unpaired) electrons. The highest BCUT2D eigenvalue weighted by molar-refractivity contribution is 7.17. The lowest BCUT2D eigenvalue weighted by molar-refractivity contribution is -0.127. The molecular weight excluding hydrogens is 667 g/mol. The fourth-order valence-corrected chi connectivity index (χ4v) is 8.28. The normalized spacial score (nSPS) is 15.9. The van der Waals surface area contributed by atoms with Crippen molar-refractivity contribution in [1.29, 1.82) is 0 Å². The molecule has 5 rings (SSSR count). The Morgan fingerprint density at radius 2 is 1.56 bits per heavy atom. The van der Waals surface area contributed by atoms with E-state index in [0.29, 0.717) is 19.4 Å². The summed E-state index contributed by atoms with van der Waals surface area (Å²) in [7, 11) is 0. The Labute approximate surface area is 318 Å². The third-order valence-electron chi connectivity index (χ3n) is 10.7. The summed E-state index contributed by atoms with van der Waals surface area (Å²) in [4.78, 5) is 19.7. The van der Waals surface area contributed by atoms with Gasteiger partial charge in [0, 0.05) is 54.4 Å². The zero-order valence-electron chi connectivity index (χ0n) is 32.0. The first-order valence-electron chi connectivity index (χ1n) is 20.6. The van der Waals surface area contributed by atoms with E-state index >= 15 is 0 Å². The van der Waals surface area contributed by atoms with Crippen LogP contribution >= 0.6 is 11.3 Å². The van der Waals surface area contributed by atoms with Gasteiger partial charge in [-0.3, -0.25) is 14.6 Å². The number of benzene rings is 2. The second-order valence-electron chi connectivity index (χ2n) is 14.7. The van der Waals surface area contributed by atoms with Crippen molar-refractivity contribution >= 4 is 38.7 Å². The molecule has 3 aromatic rings. The molecule has 1 N–H and O–H groups in total. The van der Waals surface area contributed by atoms with E-state index in [0.717, 1.165) is 81.8 Å². The molecule has 2 aliphatic rings.